The van der Waals surface area contributed by atoms with Crippen LogP contribution in [0.25, 0.3) is 0 Å². The van der Waals surface area contributed by atoms with Crippen LogP contribution in [0.5, 0.6) is 0 Å². The van der Waals surface area contributed by atoms with E-state index >= 15 is 0 Å². The van der Waals surface area contributed by atoms with Crippen molar-refractivity contribution in [2.75, 3.05) is 31.1 Å². The summed E-state index contributed by atoms with van der Waals surface area (Å²) in [7, 11) is 0. The molecular weight excluding hydrogens is 241 g/mol. The highest BCUT2D eigenvalue weighted by atomic mass is 19.1. The van der Waals surface area contributed by atoms with Gasteiger partial charge in [-0.2, -0.15) is 0 Å². The van der Waals surface area contributed by atoms with Gasteiger partial charge in [0.2, 0.25) is 0 Å². The minimum absolute atomic E-state index is 0.455. The Morgan fingerprint density at radius 2 is 2.11 bits per heavy atom. The van der Waals surface area contributed by atoms with Crippen molar-refractivity contribution in [2.45, 2.75) is 38.3 Å². The number of fused-ring (bicyclic) bond motifs is 1. The molecule has 4 heteroatoms. The fourth-order valence-electron chi connectivity index (χ4n) is 3.02. The van der Waals surface area contributed by atoms with Gasteiger partial charge < -0.3 is 10.2 Å². The fraction of sp³-hybridized carbons (Fsp3) is 0.667. The number of nitrogens with one attached hydrogen (secondary N) is 1. The molecular formula is C15H22FN3. The molecule has 0 aliphatic carbocycles. The first kappa shape index (κ1) is 12.9. The first-order chi connectivity index (χ1) is 9.24. The standard InChI is InChI=1S/C15H22FN3/c1-11-10-17-7-4-12-2-3-14(18-15(11)12)19-8-5-13(16)6-9-19/h2-3,11,13,17H,4-10H2,1H3/t11-/m0/s1. The largest absolute Gasteiger partial charge is 0.356 e. The smallest absolute Gasteiger partial charge is 0.128 e. The van der Waals surface area contributed by atoms with E-state index in [1.54, 1.807) is 0 Å². The SMILES string of the molecule is C[C@H]1CNCCc2ccc(N3CCC(F)CC3)nc21. The molecule has 3 nitrogen and oxygen atoms in total. The Hall–Kier alpha value is -1.16. The third-order valence-electron chi connectivity index (χ3n) is 4.23. The molecule has 3 rings (SSSR count). The van der Waals surface area contributed by atoms with Gasteiger partial charge in [0, 0.05) is 25.6 Å². The summed E-state index contributed by atoms with van der Waals surface area (Å²) in [5.41, 5.74) is 2.59. The number of anilines is 1. The molecule has 0 aromatic carbocycles. The summed E-state index contributed by atoms with van der Waals surface area (Å²) in [6.07, 6.45) is 1.70. The van der Waals surface area contributed by atoms with Crippen LogP contribution in [-0.2, 0) is 6.42 Å². The lowest BCUT2D eigenvalue weighted by molar-refractivity contribution is 0.276. The Balaban J connectivity index is 1.84. The van der Waals surface area contributed by atoms with Crippen molar-refractivity contribution in [3.63, 3.8) is 0 Å². The van der Waals surface area contributed by atoms with Crippen LogP contribution in [-0.4, -0.2) is 37.3 Å². The zero-order valence-corrected chi connectivity index (χ0v) is 11.5. The van der Waals surface area contributed by atoms with Crippen LogP contribution in [0.3, 0.4) is 0 Å². The van der Waals surface area contributed by atoms with E-state index in [4.69, 9.17) is 4.98 Å². The van der Waals surface area contributed by atoms with Gasteiger partial charge in [0.25, 0.3) is 0 Å². The van der Waals surface area contributed by atoms with Gasteiger partial charge in [0.05, 0.1) is 5.69 Å². The van der Waals surface area contributed by atoms with Gasteiger partial charge >= 0.3 is 0 Å². The molecule has 0 amide bonds. The molecule has 0 unspecified atom stereocenters. The van der Waals surface area contributed by atoms with Crippen LogP contribution in [0.15, 0.2) is 12.1 Å². The van der Waals surface area contributed by atoms with Crippen LogP contribution in [0.1, 0.15) is 36.9 Å². The quantitative estimate of drug-likeness (QED) is 0.842. The Kier molecular flexibility index (Phi) is 3.69. The number of aromatic nitrogens is 1. The van der Waals surface area contributed by atoms with E-state index in [9.17, 15) is 4.39 Å². The molecule has 0 radical (unpaired) electrons. The Morgan fingerprint density at radius 1 is 1.32 bits per heavy atom. The van der Waals surface area contributed by atoms with Gasteiger partial charge in [-0.05, 0) is 37.4 Å². The molecule has 0 bridgehead atoms. The lowest BCUT2D eigenvalue weighted by atomic mass is 10.0. The van der Waals surface area contributed by atoms with Gasteiger partial charge in [-0.25, -0.2) is 9.37 Å². The molecule has 1 saturated heterocycles. The van der Waals surface area contributed by atoms with Crippen molar-refractivity contribution in [3.8, 4) is 0 Å². The molecule has 2 aliphatic heterocycles. The number of hydrogen-bond acceptors (Lipinski definition) is 3. The van der Waals surface area contributed by atoms with Gasteiger partial charge in [-0.1, -0.05) is 13.0 Å². The second-order valence-electron chi connectivity index (χ2n) is 5.73. The van der Waals surface area contributed by atoms with Gasteiger partial charge in [-0.15, -0.1) is 0 Å². The summed E-state index contributed by atoms with van der Waals surface area (Å²) in [5, 5.41) is 3.45. The zero-order chi connectivity index (χ0) is 13.2. The Bertz CT molecular complexity index is 441. The van der Waals surface area contributed by atoms with Crippen molar-refractivity contribution >= 4 is 5.82 Å². The summed E-state index contributed by atoms with van der Waals surface area (Å²) in [5.74, 6) is 1.48. The van der Waals surface area contributed by atoms with Crippen molar-refractivity contribution < 1.29 is 4.39 Å². The van der Waals surface area contributed by atoms with E-state index in [0.29, 0.717) is 18.8 Å². The average Bonchev–Trinajstić information content (AvgIpc) is 2.62. The van der Waals surface area contributed by atoms with Crippen LogP contribution in [0.4, 0.5) is 10.2 Å². The molecule has 1 aromatic heterocycles. The van der Waals surface area contributed by atoms with Crippen LogP contribution in [0.2, 0.25) is 0 Å². The second-order valence-corrected chi connectivity index (χ2v) is 5.73. The fourth-order valence-corrected chi connectivity index (χ4v) is 3.02. The van der Waals surface area contributed by atoms with E-state index in [2.05, 4.69) is 29.3 Å². The van der Waals surface area contributed by atoms with Crippen molar-refractivity contribution in [2.24, 2.45) is 0 Å². The van der Waals surface area contributed by atoms with Gasteiger partial charge in [0.1, 0.15) is 12.0 Å². The topological polar surface area (TPSA) is 28.2 Å². The molecule has 1 N–H and O–H groups in total. The van der Waals surface area contributed by atoms with Gasteiger partial charge in [-0.3, -0.25) is 0 Å². The third-order valence-corrected chi connectivity index (χ3v) is 4.23. The number of pyridine rings is 1. The van der Waals surface area contributed by atoms with Crippen molar-refractivity contribution in [3.05, 3.63) is 23.4 Å². The zero-order valence-electron chi connectivity index (χ0n) is 11.5. The summed E-state index contributed by atoms with van der Waals surface area (Å²) < 4.78 is 13.2. The van der Waals surface area contributed by atoms with E-state index in [1.807, 2.05) is 0 Å². The summed E-state index contributed by atoms with van der Waals surface area (Å²) in [4.78, 5) is 7.09. The molecule has 2 aliphatic rings. The highest BCUT2D eigenvalue weighted by Gasteiger charge is 2.22. The minimum Gasteiger partial charge on any atom is -0.356 e. The van der Waals surface area contributed by atoms with E-state index in [1.165, 1.54) is 11.3 Å². The summed E-state index contributed by atoms with van der Waals surface area (Å²) in [6, 6.07) is 4.32. The molecule has 1 fully saturated rings. The summed E-state index contributed by atoms with van der Waals surface area (Å²) >= 11 is 0. The number of alkyl halides is 1. The highest BCUT2D eigenvalue weighted by molar-refractivity contribution is 5.43. The van der Waals surface area contributed by atoms with E-state index in [-0.39, 0.29) is 0 Å². The van der Waals surface area contributed by atoms with E-state index in [0.717, 1.165) is 38.4 Å². The lowest BCUT2D eigenvalue weighted by Gasteiger charge is -2.30. The molecule has 0 saturated carbocycles. The third kappa shape index (κ3) is 2.73. The Morgan fingerprint density at radius 3 is 2.89 bits per heavy atom. The van der Waals surface area contributed by atoms with Crippen LogP contribution < -0.4 is 10.2 Å². The van der Waals surface area contributed by atoms with Gasteiger partial charge in [0.15, 0.2) is 0 Å². The highest BCUT2D eigenvalue weighted by Crippen LogP contribution is 2.26. The number of nitrogens with zero attached hydrogens (tertiary/aromatic N) is 2. The Labute approximate surface area is 114 Å². The maximum absolute atomic E-state index is 13.2. The van der Waals surface area contributed by atoms with Crippen LogP contribution >= 0.6 is 0 Å². The minimum atomic E-state index is -0.625. The first-order valence-electron chi connectivity index (χ1n) is 7.33. The molecule has 19 heavy (non-hydrogen) atoms. The van der Waals surface area contributed by atoms with Crippen molar-refractivity contribution in [1.29, 1.82) is 0 Å². The second kappa shape index (κ2) is 5.45. The van der Waals surface area contributed by atoms with E-state index < -0.39 is 6.17 Å². The monoisotopic (exact) mass is 263 g/mol. The average molecular weight is 263 g/mol. The molecule has 1 aromatic rings. The summed E-state index contributed by atoms with van der Waals surface area (Å²) in [6.45, 7) is 5.84. The number of halogens is 1. The molecule has 1 atom stereocenters. The number of rotatable bonds is 1. The van der Waals surface area contributed by atoms with Crippen LogP contribution in [0, 0.1) is 0 Å². The maximum atomic E-state index is 13.2. The predicted molar refractivity (Wildman–Crippen MR) is 75.6 cm³/mol. The lowest BCUT2D eigenvalue weighted by Crippen LogP contribution is -2.35. The molecule has 0 spiro atoms. The predicted octanol–water partition coefficient (Wildman–Crippen LogP) is 2.27. The van der Waals surface area contributed by atoms with Crippen molar-refractivity contribution in [1.82, 2.24) is 10.3 Å². The number of hydrogen-bond donors (Lipinski definition) is 1. The molecule has 3 heterocycles. The normalized spacial score (nSPS) is 24.9. The first-order valence-corrected chi connectivity index (χ1v) is 7.33. The molecule has 104 valence electrons. The maximum Gasteiger partial charge on any atom is 0.128 e. The number of piperidine rings is 1.